The first-order valence-electron chi connectivity index (χ1n) is 4.04. The van der Waals surface area contributed by atoms with Gasteiger partial charge in [-0.2, -0.15) is 15.0 Å². The molecule has 0 bridgehead atoms. The van der Waals surface area contributed by atoms with Crippen molar-refractivity contribution in [1.29, 1.82) is 0 Å². The van der Waals surface area contributed by atoms with E-state index in [2.05, 4.69) is 10.2 Å². The minimum Gasteiger partial charge on any atom is -0.400 e. The maximum absolute atomic E-state index is 10.3. The van der Waals surface area contributed by atoms with E-state index in [-0.39, 0.29) is 5.88 Å². The second-order valence-corrected chi connectivity index (χ2v) is 2.60. The Morgan fingerprint density at radius 1 is 1.60 bits per heavy atom. The monoisotopic (exact) mass is 206 g/mol. The van der Waals surface area contributed by atoms with Crippen molar-refractivity contribution < 1.29 is 9.34 Å². The van der Waals surface area contributed by atoms with Gasteiger partial charge in [-0.1, -0.05) is 0 Å². The minimum atomic E-state index is -0.606. The van der Waals surface area contributed by atoms with Crippen molar-refractivity contribution >= 4 is 12.1 Å². The molecule has 0 aliphatic heterocycles. The molecule has 7 heteroatoms. The summed E-state index contributed by atoms with van der Waals surface area (Å²) in [6, 6.07) is 4.44. The van der Waals surface area contributed by atoms with E-state index in [0.717, 1.165) is 0 Å². The van der Waals surface area contributed by atoms with Gasteiger partial charge < -0.3 is 4.42 Å². The molecule has 76 valence electrons. The normalized spacial score (nSPS) is 10.9. The smallest absolute Gasteiger partial charge is 0.400 e. The Morgan fingerprint density at radius 2 is 2.47 bits per heavy atom. The summed E-state index contributed by atoms with van der Waals surface area (Å²) in [6.45, 7) is 0. The van der Waals surface area contributed by atoms with Crippen LogP contribution in [0, 0.1) is 10.1 Å². The number of aromatic nitrogens is 2. The lowest BCUT2D eigenvalue weighted by Gasteiger charge is -1.87. The molecule has 0 atom stereocenters. The first kappa shape index (κ1) is 9.13. The van der Waals surface area contributed by atoms with Crippen LogP contribution in [0.4, 0.5) is 5.88 Å². The number of hydrogen-bond acceptors (Lipinski definition) is 5. The van der Waals surface area contributed by atoms with Crippen LogP contribution >= 0.6 is 0 Å². The molecule has 7 nitrogen and oxygen atoms in total. The molecule has 15 heavy (non-hydrogen) atoms. The molecule has 0 N–H and O–H groups in total. The van der Waals surface area contributed by atoms with Crippen molar-refractivity contribution in [3.63, 3.8) is 0 Å². The van der Waals surface area contributed by atoms with Crippen molar-refractivity contribution in [3.05, 3.63) is 46.5 Å². The summed E-state index contributed by atoms with van der Waals surface area (Å²) in [5.41, 5.74) is 0. The molecule has 0 unspecified atom stereocenters. The zero-order valence-corrected chi connectivity index (χ0v) is 7.48. The van der Waals surface area contributed by atoms with Gasteiger partial charge in [-0.05, 0) is 12.1 Å². The molecule has 2 rings (SSSR count). The highest BCUT2D eigenvalue weighted by Crippen LogP contribution is 2.13. The first-order valence-corrected chi connectivity index (χ1v) is 4.04. The SMILES string of the molecule is O=[N+]([O-])c1ccc(/C=N/n2cccn2)o1. The molecule has 0 spiro atoms. The van der Waals surface area contributed by atoms with Gasteiger partial charge in [0.1, 0.15) is 4.92 Å². The fraction of sp³-hybridized carbons (Fsp3) is 0. The summed E-state index contributed by atoms with van der Waals surface area (Å²) in [4.78, 5) is 11.0. The van der Waals surface area contributed by atoms with E-state index in [9.17, 15) is 10.1 Å². The highest BCUT2D eigenvalue weighted by atomic mass is 16.6. The molecule has 0 saturated carbocycles. The highest BCUT2D eigenvalue weighted by Gasteiger charge is 2.09. The van der Waals surface area contributed by atoms with Crippen LogP contribution in [0.25, 0.3) is 0 Å². The predicted octanol–water partition coefficient (Wildman–Crippen LogP) is 1.27. The number of rotatable bonds is 3. The third kappa shape index (κ3) is 2.08. The summed E-state index contributed by atoms with van der Waals surface area (Å²) in [6.07, 6.45) is 4.55. The van der Waals surface area contributed by atoms with Gasteiger partial charge in [0, 0.05) is 0 Å². The maximum Gasteiger partial charge on any atom is 0.433 e. The van der Waals surface area contributed by atoms with E-state index >= 15 is 0 Å². The topological polar surface area (TPSA) is 86.5 Å². The Morgan fingerprint density at radius 3 is 3.07 bits per heavy atom. The lowest BCUT2D eigenvalue weighted by molar-refractivity contribution is -0.402. The summed E-state index contributed by atoms with van der Waals surface area (Å²) >= 11 is 0. The average Bonchev–Trinajstić information content (AvgIpc) is 2.86. The third-order valence-electron chi connectivity index (χ3n) is 1.59. The van der Waals surface area contributed by atoms with E-state index in [4.69, 9.17) is 4.42 Å². The van der Waals surface area contributed by atoms with Crippen LogP contribution in [0.15, 0.2) is 40.1 Å². The van der Waals surface area contributed by atoms with Crippen molar-refractivity contribution in [2.75, 3.05) is 0 Å². The molecule has 0 saturated heterocycles. The van der Waals surface area contributed by atoms with E-state index < -0.39 is 4.92 Å². The van der Waals surface area contributed by atoms with E-state index in [1.165, 1.54) is 23.1 Å². The van der Waals surface area contributed by atoms with Crippen LogP contribution in [0.3, 0.4) is 0 Å². The van der Waals surface area contributed by atoms with Gasteiger partial charge in [0.2, 0.25) is 0 Å². The van der Waals surface area contributed by atoms with Gasteiger partial charge in [-0.15, -0.1) is 0 Å². The van der Waals surface area contributed by atoms with E-state index in [0.29, 0.717) is 5.76 Å². The zero-order chi connectivity index (χ0) is 10.7. The summed E-state index contributed by atoms with van der Waals surface area (Å²) in [5, 5.41) is 18.0. The second-order valence-electron chi connectivity index (χ2n) is 2.60. The van der Waals surface area contributed by atoms with Gasteiger partial charge >= 0.3 is 5.88 Å². The van der Waals surface area contributed by atoms with Gasteiger partial charge in [-0.25, -0.2) is 0 Å². The van der Waals surface area contributed by atoms with Crippen LogP contribution < -0.4 is 0 Å². The lowest BCUT2D eigenvalue weighted by Crippen LogP contribution is -1.89. The summed E-state index contributed by atoms with van der Waals surface area (Å²) in [7, 11) is 0. The van der Waals surface area contributed by atoms with Crippen LogP contribution in [0.2, 0.25) is 0 Å². The molecular weight excluding hydrogens is 200 g/mol. The number of nitro groups is 1. The van der Waals surface area contributed by atoms with Gasteiger partial charge in [-0.3, -0.25) is 10.1 Å². The maximum atomic E-state index is 10.3. The Bertz CT molecular complexity index is 486. The van der Waals surface area contributed by atoms with Gasteiger partial charge in [0.25, 0.3) is 0 Å². The largest absolute Gasteiger partial charge is 0.433 e. The molecule has 2 heterocycles. The zero-order valence-electron chi connectivity index (χ0n) is 7.48. The summed E-state index contributed by atoms with van der Waals surface area (Å²) in [5.74, 6) is -0.00545. The fourth-order valence-corrected chi connectivity index (χ4v) is 0.955. The van der Waals surface area contributed by atoms with Crippen LogP contribution in [-0.4, -0.2) is 21.0 Å². The Kier molecular flexibility index (Phi) is 2.28. The predicted molar refractivity (Wildman–Crippen MR) is 50.6 cm³/mol. The van der Waals surface area contributed by atoms with Gasteiger partial charge in [0.15, 0.2) is 5.76 Å². The molecule has 0 amide bonds. The summed E-state index contributed by atoms with van der Waals surface area (Å²) < 4.78 is 4.85. The highest BCUT2D eigenvalue weighted by molar-refractivity contribution is 5.76. The average molecular weight is 206 g/mol. The quantitative estimate of drug-likeness (QED) is 0.429. The van der Waals surface area contributed by atoms with Crippen molar-refractivity contribution in [2.24, 2.45) is 5.10 Å². The lowest BCUT2D eigenvalue weighted by atomic mass is 10.5. The molecule has 2 aromatic rings. The number of furan rings is 1. The molecule has 0 aromatic carbocycles. The minimum absolute atomic E-state index is 0.303. The third-order valence-corrected chi connectivity index (χ3v) is 1.59. The molecule has 2 aromatic heterocycles. The number of hydrogen-bond donors (Lipinski definition) is 0. The van der Waals surface area contributed by atoms with Crippen molar-refractivity contribution in [3.8, 4) is 0 Å². The van der Waals surface area contributed by atoms with Gasteiger partial charge in [0.05, 0.1) is 24.7 Å². The van der Waals surface area contributed by atoms with Crippen molar-refractivity contribution in [1.82, 2.24) is 9.89 Å². The van der Waals surface area contributed by atoms with Crippen molar-refractivity contribution in [2.45, 2.75) is 0 Å². The van der Waals surface area contributed by atoms with Crippen LogP contribution in [0.5, 0.6) is 0 Å². The van der Waals surface area contributed by atoms with Crippen LogP contribution in [0.1, 0.15) is 5.76 Å². The molecule has 0 fully saturated rings. The molecule has 0 aliphatic rings. The van der Waals surface area contributed by atoms with E-state index in [1.54, 1.807) is 18.5 Å². The Hall–Kier alpha value is -2.44. The molecular formula is C8H6N4O3. The van der Waals surface area contributed by atoms with E-state index in [1.807, 2.05) is 0 Å². The first-order chi connectivity index (χ1) is 7.25. The fourth-order valence-electron chi connectivity index (χ4n) is 0.955. The number of nitrogens with zero attached hydrogens (tertiary/aromatic N) is 4. The molecule has 0 radical (unpaired) electrons. The van der Waals surface area contributed by atoms with Crippen LogP contribution in [-0.2, 0) is 0 Å². The second kappa shape index (κ2) is 3.74. The Balaban J connectivity index is 2.14. The Labute approximate surface area is 83.8 Å². The molecule has 0 aliphatic carbocycles. The standard InChI is InChI=1S/C8H6N4O3/c13-12(14)8-3-2-7(15-8)6-10-11-5-1-4-9-11/h1-6H/b10-6+.